The van der Waals surface area contributed by atoms with E-state index in [0.717, 1.165) is 0 Å². The summed E-state index contributed by atoms with van der Waals surface area (Å²) in [4.78, 5) is 12.6. The van der Waals surface area contributed by atoms with E-state index in [-0.39, 0.29) is 5.91 Å². The average molecular weight is 266 g/mol. The van der Waals surface area contributed by atoms with Gasteiger partial charge in [-0.2, -0.15) is 5.10 Å². The lowest BCUT2D eigenvalue weighted by atomic mass is 10.3. The Balaban J connectivity index is 2.27. The SMILES string of the molecule is COc1ccsc1C(=O)Nc1c(N)c(C)nn1C. The molecule has 0 aliphatic heterocycles. The number of thiophene rings is 1. The van der Waals surface area contributed by atoms with Gasteiger partial charge in [-0.05, 0) is 18.4 Å². The number of hydrogen-bond donors (Lipinski definition) is 2. The van der Waals surface area contributed by atoms with Crippen LogP contribution in [0.1, 0.15) is 15.4 Å². The number of nitrogens with zero attached hydrogens (tertiary/aromatic N) is 2. The number of carbonyl (C=O) groups is 1. The minimum Gasteiger partial charge on any atom is -0.495 e. The van der Waals surface area contributed by atoms with Crippen molar-refractivity contribution in [1.82, 2.24) is 9.78 Å². The summed E-state index contributed by atoms with van der Waals surface area (Å²) >= 11 is 1.31. The minimum atomic E-state index is -0.253. The molecule has 0 aliphatic carbocycles. The summed E-state index contributed by atoms with van der Waals surface area (Å²) in [5, 5.41) is 8.68. The predicted molar refractivity (Wildman–Crippen MR) is 71.2 cm³/mol. The van der Waals surface area contributed by atoms with Gasteiger partial charge >= 0.3 is 0 Å². The molecule has 0 atom stereocenters. The highest BCUT2D eigenvalue weighted by molar-refractivity contribution is 7.12. The Morgan fingerprint density at radius 3 is 2.89 bits per heavy atom. The number of nitrogen functional groups attached to an aromatic ring is 1. The number of ether oxygens (including phenoxy) is 1. The Kier molecular flexibility index (Phi) is 3.24. The molecule has 0 aliphatic rings. The van der Waals surface area contributed by atoms with Crippen LogP contribution in [0.25, 0.3) is 0 Å². The van der Waals surface area contributed by atoms with Crippen molar-refractivity contribution in [1.29, 1.82) is 0 Å². The summed E-state index contributed by atoms with van der Waals surface area (Å²) in [6.07, 6.45) is 0. The number of rotatable bonds is 3. The number of aryl methyl sites for hydroxylation is 2. The van der Waals surface area contributed by atoms with Gasteiger partial charge in [-0.25, -0.2) is 0 Å². The second-order valence-electron chi connectivity index (χ2n) is 3.74. The van der Waals surface area contributed by atoms with Gasteiger partial charge in [0.15, 0.2) is 5.82 Å². The zero-order chi connectivity index (χ0) is 13.3. The summed E-state index contributed by atoms with van der Waals surface area (Å²) < 4.78 is 6.65. The zero-order valence-corrected chi connectivity index (χ0v) is 11.2. The Labute approximate surface area is 108 Å². The third-order valence-electron chi connectivity index (χ3n) is 2.56. The van der Waals surface area contributed by atoms with E-state index in [9.17, 15) is 4.79 Å². The molecule has 0 aromatic carbocycles. The average Bonchev–Trinajstić information content (AvgIpc) is 2.90. The van der Waals surface area contributed by atoms with Gasteiger partial charge in [0.05, 0.1) is 18.5 Å². The molecule has 1 amide bonds. The van der Waals surface area contributed by atoms with E-state index in [4.69, 9.17) is 10.5 Å². The Morgan fingerprint density at radius 2 is 2.33 bits per heavy atom. The predicted octanol–water partition coefficient (Wildman–Crippen LogP) is 1.63. The molecule has 96 valence electrons. The van der Waals surface area contributed by atoms with Crippen LogP contribution in [0.3, 0.4) is 0 Å². The molecule has 2 heterocycles. The van der Waals surface area contributed by atoms with Crippen LogP contribution in [0.2, 0.25) is 0 Å². The number of aromatic nitrogens is 2. The van der Waals surface area contributed by atoms with Crippen molar-refractivity contribution in [2.24, 2.45) is 7.05 Å². The van der Waals surface area contributed by atoms with Crippen molar-refractivity contribution in [3.05, 3.63) is 22.0 Å². The van der Waals surface area contributed by atoms with Crippen LogP contribution >= 0.6 is 11.3 Å². The van der Waals surface area contributed by atoms with Crippen molar-refractivity contribution in [3.8, 4) is 5.75 Å². The fourth-order valence-electron chi connectivity index (χ4n) is 1.61. The van der Waals surface area contributed by atoms with Gasteiger partial charge in [-0.1, -0.05) is 0 Å². The molecule has 3 N–H and O–H groups in total. The fourth-order valence-corrected chi connectivity index (χ4v) is 2.36. The van der Waals surface area contributed by atoms with Gasteiger partial charge in [-0.15, -0.1) is 11.3 Å². The fraction of sp³-hybridized carbons (Fsp3) is 0.273. The Hall–Kier alpha value is -2.02. The molecule has 0 spiro atoms. The van der Waals surface area contributed by atoms with E-state index in [1.54, 1.807) is 30.1 Å². The Morgan fingerprint density at radius 1 is 1.61 bits per heavy atom. The Bertz CT molecular complexity index is 588. The first kappa shape index (κ1) is 12.4. The van der Waals surface area contributed by atoms with Gasteiger partial charge in [0, 0.05) is 7.05 Å². The highest BCUT2D eigenvalue weighted by atomic mass is 32.1. The van der Waals surface area contributed by atoms with Crippen molar-refractivity contribution in [2.45, 2.75) is 6.92 Å². The van der Waals surface area contributed by atoms with Crippen molar-refractivity contribution in [3.63, 3.8) is 0 Å². The molecule has 0 saturated carbocycles. The molecule has 0 radical (unpaired) electrons. The lowest BCUT2D eigenvalue weighted by molar-refractivity contribution is 0.102. The quantitative estimate of drug-likeness (QED) is 0.884. The first-order valence-corrected chi connectivity index (χ1v) is 6.14. The van der Waals surface area contributed by atoms with E-state index >= 15 is 0 Å². The van der Waals surface area contributed by atoms with Crippen LogP contribution in [0, 0.1) is 6.92 Å². The molecular formula is C11H14N4O2S. The maximum atomic E-state index is 12.1. The standard InChI is InChI=1S/C11H14N4O2S/c1-6-8(12)10(15(2)14-6)13-11(16)9-7(17-3)4-5-18-9/h4-5H,12H2,1-3H3,(H,13,16). The minimum absolute atomic E-state index is 0.253. The number of anilines is 2. The van der Waals surface area contributed by atoms with Crippen molar-refractivity contribution >= 4 is 28.7 Å². The molecular weight excluding hydrogens is 252 g/mol. The molecule has 2 rings (SSSR count). The number of methoxy groups -OCH3 is 1. The first-order chi connectivity index (χ1) is 8.54. The molecule has 0 bridgehead atoms. The second kappa shape index (κ2) is 4.69. The summed E-state index contributed by atoms with van der Waals surface area (Å²) in [6, 6.07) is 1.75. The summed E-state index contributed by atoms with van der Waals surface area (Å²) in [5.74, 6) is 0.791. The third-order valence-corrected chi connectivity index (χ3v) is 3.45. The van der Waals surface area contributed by atoms with Crippen LogP contribution in [0.4, 0.5) is 11.5 Å². The number of nitrogens with one attached hydrogen (secondary N) is 1. The number of nitrogens with two attached hydrogens (primary N) is 1. The van der Waals surface area contributed by atoms with E-state index in [2.05, 4.69) is 10.4 Å². The van der Waals surface area contributed by atoms with E-state index in [1.165, 1.54) is 18.4 Å². The maximum Gasteiger partial charge on any atom is 0.270 e. The summed E-state index contributed by atoms with van der Waals surface area (Å²) in [5.41, 5.74) is 7.01. The smallest absolute Gasteiger partial charge is 0.270 e. The van der Waals surface area contributed by atoms with Crippen LogP contribution in [-0.4, -0.2) is 22.8 Å². The normalized spacial score (nSPS) is 10.4. The van der Waals surface area contributed by atoms with Gasteiger partial charge in [0.25, 0.3) is 5.91 Å². The van der Waals surface area contributed by atoms with Crippen LogP contribution in [0.15, 0.2) is 11.4 Å². The van der Waals surface area contributed by atoms with E-state index in [1.807, 2.05) is 0 Å². The van der Waals surface area contributed by atoms with Gasteiger partial charge < -0.3 is 15.8 Å². The topological polar surface area (TPSA) is 82.2 Å². The van der Waals surface area contributed by atoms with Crippen LogP contribution in [0.5, 0.6) is 5.75 Å². The number of hydrogen-bond acceptors (Lipinski definition) is 5. The molecule has 2 aromatic rings. The maximum absolute atomic E-state index is 12.1. The molecule has 2 aromatic heterocycles. The zero-order valence-electron chi connectivity index (χ0n) is 10.4. The van der Waals surface area contributed by atoms with Crippen LogP contribution in [-0.2, 0) is 7.05 Å². The van der Waals surface area contributed by atoms with Crippen LogP contribution < -0.4 is 15.8 Å². The first-order valence-electron chi connectivity index (χ1n) is 5.26. The van der Waals surface area contributed by atoms with Gasteiger partial charge in [-0.3, -0.25) is 9.48 Å². The third kappa shape index (κ3) is 2.04. The number of amides is 1. The molecule has 0 fully saturated rings. The molecule has 18 heavy (non-hydrogen) atoms. The molecule has 7 heteroatoms. The monoisotopic (exact) mass is 266 g/mol. The highest BCUT2D eigenvalue weighted by Gasteiger charge is 2.18. The lowest BCUT2D eigenvalue weighted by Crippen LogP contribution is -2.15. The van der Waals surface area contributed by atoms with Crippen molar-refractivity contribution in [2.75, 3.05) is 18.2 Å². The van der Waals surface area contributed by atoms with Crippen molar-refractivity contribution < 1.29 is 9.53 Å². The molecule has 6 nitrogen and oxygen atoms in total. The number of carbonyl (C=O) groups excluding carboxylic acids is 1. The van der Waals surface area contributed by atoms with E-state index in [0.29, 0.717) is 27.8 Å². The van der Waals surface area contributed by atoms with E-state index < -0.39 is 0 Å². The molecule has 0 unspecified atom stereocenters. The lowest BCUT2D eigenvalue weighted by Gasteiger charge is -2.06. The highest BCUT2D eigenvalue weighted by Crippen LogP contribution is 2.27. The van der Waals surface area contributed by atoms with Gasteiger partial charge in [0.2, 0.25) is 0 Å². The summed E-state index contributed by atoms with van der Waals surface area (Å²) in [7, 11) is 3.26. The second-order valence-corrected chi connectivity index (χ2v) is 4.66. The summed E-state index contributed by atoms with van der Waals surface area (Å²) in [6.45, 7) is 1.79. The largest absolute Gasteiger partial charge is 0.495 e. The molecule has 0 saturated heterocycles. The van der Waals surface area contributed by atoms with Gasteiger partial charge in [0.1, 0.15) is 10.6 Å².